The van der Waals surface area contributed by atoms with E-state index < -0.39 is 24.2 Å². The number of carbonyl (C=O) groups is 3. The van der Waals surface area contributed by atoms with Gasteiger partial charge in [-0.25, -0.2) is 4.79 Å². The van der Waals surface area contributed by atoms with Crippen LogP contribution in [0.15, 0.2) is 47.0 Å². The first-order valence-electron chi connectivity index (χ1n) is 10.8. The zero-order chi connectivity index (χ0) is 25.7. The zero-order valence-corrected chi connectivity index (χ0v) is 19.7. The van der Waals surface area contributed by atoms with Crippen molar-refractivity contribution in [2.75, 3.05) is 22.6 Å². The van der Waals surface area contributed by atoms with E-state index in [9.17, 15) is 24.8 Å². The number of hydrogen-bond donors (Lipinski definition) is 3. The van der Waals surface area contributed by atoms with Gasteiger partial charge in [0, 0.05) is 30.3 Å². The molecular formula is C25H25N5O5. The normalized spacial score (nSPS) is 10.5. The third-order valence-electron chi connectivity index (χ3n) is 5.34. The molecule has 0 atom stereocenters. The van der Waals surface area contributed by atoms with E-state index in [4.69, 9.17) is 4.52 Å². The lowest BCUT2D eigenvalue weighted by Crippen LogP contribution is -2.27. The highest BCUT2D eigenvalue weighted by Crippen LogP contribution is 2.32. The molecule has 0 saturated heterocycles. The van der Waals surface area contributed by atoms with Crippen molar-refractivity contribution in [3.8, 4) is 17.4 Å². The van der Waals surface area contributed by atoms with Crippen LogP contribution >= 0.6 is 0 Å². The summed E-state index contributed by atoms with van der Waals surface area (Å²) in [7, 11) is 1.77. The van der Waals surface area contributed by atoms with Crippen molar-refractivity contribution in [1.82, 2.24) is 5.16 Å². The fraction of sp³-hybridized carbons (Fsp3) is 0.240. The molecule has 10 nitrogen and oxygen atoms in total. The van der Waals surface area contributed by atoms with E-state index in [2.05, 4.69) is 21.9 Å². The summed E-state index contributed by atoms with van der Waals surface area (Å²) in [6.45, 7) is 5.63. The first kappa shape index (κ1) is 25.0. The number of nitrogens with zero attached hydrogens (tertiary/aromatic N) is 3. The third kappa shape index (κ3) is 6.03. The molecule has 0 aliphatic rings. The van der Waals surface area contributed by atoms with Gasteiger partial charge in [-0.1, -0.05) is 23.4 Å². The van der Waals surface area contributed by atoms with Crippen LogP contribution < -0.4 is 15.5 Å². The maximum Gasteiger partial charge on any atom is 0.409 e. The highest BCUT2D eigenvalue weighted by Gasteiger charge is 2.19. The van der Waals surface area contributed by atoms with Gasteiger partial charge in [-0.15, -0.1) is 0 Å². The number of aryl methyl sites for hydroxylation is 1. The lowest BCUT2D eigenvalue weighted by molar-refractivity contribution is -0.115. The maximum absolute atomic E-state index is 12.8. The van der Waals surface area contributed by atoms with Crippen LogP contribution in [-0.4, -0.2) is 41.1 Å². The molecule has 3 N–H and O–H groups in total. The van der Waals surface area contributed by atoms with E-state index in [1.54, 1.807) is 44.3 Å². The second kappa shape index (κ2) is 10.5. The Bertz CT molecular complexity index is 1320. The molecule has 2 amide bonds. The zero-order valence-electron chi connectivity index (χ0n) is 19.7. The average Bonchev–Trinajstić information content (AvgIpc) is 3.25. The number of anilines is 3. The van der Waals surface area contributed by atoms with Gasteiger partial charge in [0.05, 0.1) is 34.7 Å². The minimum Gasteiger partial charge on any atom is -0.465 e. The van der Waals surface area contributed by atoms with Gasteiger partial charge in [0.2, 0.25) is 5.91 Å². The fourth-order valence-electron chi connectivity index (χ4n) is 3.36. The molecule has 0 bridgehead atoms. The summed E-state index contributed by atoms with van der Waals surface area (Å²) >= 11 is 0. The van der Waals surface area contributed by atoms with Gasteiger partial charge in [0.15, 0.2) is 11.5 Å². The van der Waals surface area contributed by atoms with Crippen LogP contribution in [0.1, 0.15) is 41.9 Å². The van der Waals surface area contributed by atoms with Crippen molar-refractivity contribution in [2.45, 2.75) is 33.2 Å². The summed E-state index contributed by atoms with van der Waals surface area (Å²) in [5.41, 5.74) is 2.56. The smallest absolute Gasteiger partial charge is 0.409 e. The van der Waals surface area contributed by atoms with Crippen molar-refractivity contribution >= 4 is 34.8 Å². The Kier molecular flexibility index (Phi) is 7.51. The number of ketones is 1. The Hall–Kier alpha value is -4.65. The molecule has 0 spiro atoms. The highest BCUT2D eigenvalue weighted by molar-refractivity contribution is 6.12. The van der Waals surface area contributed by atoms with Gasteiger partial charge in [0.1, 0.15) is 6.07 Å². The standard InChI is InChI=1S/C25H25N5O5/c1-14(2)30(4)21-11-20(28-25(33)34)19(10-18(21)13-26)27-24(32)12-22(31)16-6-5-7-17(9-16)23-8-15(3)29-35-23/h5-11,14,28H,12H2,1-4H3,(H,27,32)(H,33,34). The molecule has 3 rings (SSSR count). The van der Waals surface area contributed by atoms with Crippen molar-refractivity contribution in [1.29, 1.82) is 5.26 Å². The van der Waals surface area contributed by atoms with Crippen LogP contribution in [0.3, 0.4) is 0 Å². The second-order valence-electron chi connectivity index (χ2n) is 8.22. The van der Waals surface area contributed by atoms with E-state index in [1.165, 1.54) is 12.1 Å². The maximum atomic E-state index is 12.8. The monoisotopic (exact) mass is 475 g/mol. The number of carbonyl (C=O) groups excluding carboxylic acids is 2. The molecule has 2 aromatic carbocycles. The quantitative estimate of drug-likeness (QED) is 0.314. The number of nitriles is 1. The molecule has 180 valence electrons. The molecule has 0 unspecified atom stereocenters. The van der Waals surface area contributed by atoms with Crippen LogP contribution in [0.25, 0.3) is 11.3 Å². The van der Waals surface area contributed by atoms with E-state index in [0.29, 0.717) is 28.3 Å². The Balaban J connectivity index is 1.83. The van der Waals surface area contributed by atoms with Crippen molar-refractivity contribution < 1.29 is 24.0 Å². The SMILES string of the molecule is Cc1cc(-c2cccc(C(=O)CC(=O)Nc3cc(C#N)c(N(C)C(C)C)cc3NC(=O)O)c2)on1. The molecule has 35 heavy (non-hydrogen) atoms. The number of rotatable bonds is 8. The van der Waals surface area contributed by atoms with Crippen LogP contribution in [0.2, 0.25) is 0 Å². The number of amides is 2. The number of aromatic nitrogens is 1. The summed E-state index contributed by atoms with van der Waals surface area (Å²) in [6, 6.07) is 13.3. The highest BCUT2D eigenvalue weighted by atomic mass is 16.5. The Morgan fingerprint density at radius 2 is 1.86 bits per heavy atom. The molecule has 0 radical (unpaired) electrons. The Morgan fingerprint density at radius 1 is 1.14 bits per heavy atom. The van der Waals surface area contributed by atoms with E-state index in [1.807, 2.05) is 18.7 Å². The van der Waals surface area contributed by atoms with E-state index >= 15 is 0 Å². The third-order valence-corrected chi connectivity index (χ3v) is 5.34. The number of nitrogens with one attached hydrogen (secondary N) is 2. The molecule has 0 fully saturated rings. The topological polar surface area (TPSA) is 149 Å². The summed E-state index contributed by atoms with van der Waals surface area (Å²) in [5, 5.41) is 27.5. The molecule has 0 aliphatic carbocycles. The van der Waals surface area contributed by atoms with E-state index in [-0.39, 0.29) is 23.0 Å². The number of Topliss-reactive ketones (excluding diaryl/α,β-unsaturated/α-hetero) is 1. The average molecular weight is 476 g/mol. The van der Waals surface area contributed by atoms with Crippen LogP contribution in [-0.2, 0) is 4.79 Å². The van der Waals surface area contributed by atoms with Crippen molar-refractivity contribution in [2.24, 2.45) is 0 Å². The summed E-state index contributed by atoms with van der Waals surface area (Å²) in [5.74, 6) is -0.593. The van der Waals surface area contributed by atoms with Gasteiger partial charge in [-0.05, 0) is 39.0 Å². The van der Waals surface area contributed by atoms with Gasteiger partial charge < -0.3 is 19.8 Å². The molecular weight excluding hydrogens is 450 g/mol. The molecule has 10 heteroatoms. The predicted octanol–water partition coefficient (Wildman–Crippen LogP) is 4.67. The fourth-order valence-corrected chi connectivity index (χ4v) is 3.36. The molecule has 1 heterocycles. The molecule has 3 aromatic rings. The van der Waals surface area contributed by atoms with Crippen LogP contribution in [0.4, 0.5) is 21.9 Å². The van der Waals surface area contributed by atoms with Gasteiger partial charge >= 0.3 is 6.09 Å². The summed E-state index contributed by atoms with van der Waals surface area (Å²) < 4.78 is 5.23. The molecule has 1 aromatic heterocycles. The van der Waals surface area contributed by atoms with Crippen molar-refractivity contribution in [3.05, 3.63) is 59.3 Å². The van der Waals surface area contributed by atoms with Gasteiger partial charge in [-0.2, -0.15) is 5.26 Å². The second-order valence-corrected chi connectivity index (χ2v) is 8.22. The van der Waals surface area contributed by atoms with Crippen LogP contribution in [0.5, 0.6) is 0 Å². The van der Waals surface area contributed by atoms with E-state index in [0.717, 1.165) is 0 Å². The number of carboxylic acid groups (broad SMARTS) is 1. The largest absolute Gasteiger partial charge is 0.465 e. The first-order chi connectivity index (χ1) is 16.6. The number of hydrogen-bond acceptors (Lipinski definition) is 7. The molecule has 0 saturated carbocycles. The van der Waals surface area contributed by atoms with Gasteiger partial charge in [0.25, 0.3) is 0 Å². The Morgan fingerprint density at radius 3 is 2.46 bits per heavy atom. The lowest BCUT2D eigenvalue weighted by atomic mass is 10.0. The van der Waals surface area contributed by atoms with Gasteiger partial charge in [-0.3, -0.25) is 14.9 Å². The van der Waals surface area contributed by atoms with Crippen molar-refractivity contribution in [3.63, 3.8) is 0 Å². The predicted molar refractivity (Wildman–Crippen MR) is 131 cm³/mol. The number of benzene rings is 2. The summed E-state index contributed by atoms with van der Waals surface area (Å²) in [6.07, 6.45) is -1.82. The molecule has 0 aliphatic heterocycles. The minimum atomic E-state index is -1.33. The minimum absolute atomic E-state index is 0.0366. The Labute approximate surface area is 202 Å². The lowest BCUT2D eigenvalue weighted by Gasteiger charge is -2.26. The first-order valence-corrected chi connectivity index (χ1v) is 10.8. The summed E-state index contributed by atoms with van der Waals surface area (Å²) in [4.78, 5) is 38.6. The van der Waals surface area contributed by atoms with Crippen LogP contribution in [0, 0.1) is 18.3 Å².